The first-order valence-electron chi connectivity index (χ1n) is 4.69. The molecule has 2 nitrogen and oxygen atoms in total. The number of halogens is 3. The highest BCUT2D eigenvalue weighted by atomic mass is 19.4. The van der Waals surface area contributed by atoms with Gasteiger partial charge in [-0.15, -0.1) is 0 Å². The predicted molar refractivity (Wildman–Crippen MR) is 54.0 cm³/mol. The maximum Gasteiger partial charge on any atom is 0.416 e. The fourth-order valence-electron chi connectivity index (χ4n) is 1.63. The Balaban J connectivity index is 2.81. The molecule has 0 radical (unpaired) electrons. The second kappa shape index (κ2) is 3.43. The van der Waals surface area contributed by atoms with Crippen LogP contribution in [0.25, 0.3) is 10.9 Å². The molecular formula is C11H9F3N2. The van der Waals surface area contributed by atoms with E-state index in [2.05, 4.69) is 9.97 Å². The van der Waals surface area contributed by atoms with E-state index in [4.69, 9.17) is 0 Å². The number of hydrogen-bond donors (Lipinski definition) is 0. The number of alkyl halides is 3. The van der Waals surface area contributed by atoms with Gasteiger partial charge in [-0.2, -0.15) is 13.2 Å². The monoisotopic (exact) mass is 226 g/mol. The average molecular weight is 226 g/mol. The second-order valence-corrected chi connectivity index (χ2v) is 3.65. The van der Waals surface area contributed by atoms with E-state index in [1.54, 1.807) is 13.8 Å². The van der Waals surface area contributed by atoms with Crippen molar-refractivity contribution in [2.24, 2.45) is 0 Å². The summed E-state index contributed by atoms with van der Waals surface area (Å²) < 4.78 is 37.8. The highest BCUT2D eigenvalue weighted by molar-refractivity contribution is 5.84. The van der Waals surface area contributed by atoms with Gasteiger partial charge in [-0.25, -0.2) is 9.97 Å². The van der Waals surface area contributed by atoms with E-state index in [0.29, 0.717) is 22.2 Å². The Morgan fingerprint density at radius 1 is 1.06 bits per heavy atom. The molecule has 2 aromatic rings. The zero-order chi connectivity index (χ0) is 11.9. The molecule has 84 valence electrons. The molecule has 0 saturated heterocycles. The lowest BCUT2D eigenvalue weighted by atomic mass is 10.0. The molecule has 0 N–H and O–H groups in total. The van der Waals surface area contributed by atoms with E-state index in [1.165, 1.54) is 6.33 Å². The molecule has 1 aromatic heterocycles. The molecule has 1 heterocycles. The number of benzene rings is 1. The minimum absolute atomic E-state index is 0.454. The third kappa shape index (κ3) is 1.73. The molecule has 0 aliphatic rings. The summed E-state index contributed by atoms with van der Waals surface area (Å²) in [6.45, 7) is 3.29. The van der Waals surface area contributed by atoms with Crippen molar-refractivity contribution in [1.82, 2.24) is 9.97 Å². The maximum atomic E-state index is 12.6. The summed E-state index contributed by atoms with van der Waals surface area (Å²) in [5, 5.41) is 0.454. The van der Waals surface area contributed by atoms with Crippen molar-refractivity contribution in [2.75, 3.05) is 0 Å². The first-order chi connectivity index (χ1) is 7.39. The van der Waals surface area contributed by atoms with Crippen molar-refractivity contribution in [3.05, 3.63) is 35.3 Å². The minimum Gasteiger partial charge on any atom is -0.241 e. The van der Waals surface area contributed by atoms with Crippen LogP contribution in [-0.2, 0) is 6.18 Å². The molecule has 5 heteroatoms. The van der Waals surface area contributed by atoms with E-state index in [-0.39, 0.29) is 0 Å². The smallest absolute Gasteiger partial charge is 0.241 e. The quantitative estimate of drug-likeness (QED) is 0.689. The fraction of sp³-hybridized carbons (Fsp3) is 0.273. The summed E-state index contributed by atoms with van der Waals surface area (Å²) in [5.74, 6) is 0. The summed E-state index contributed by atoms with van der Waals surface area (Å²) in [6.07, 6.45) is -2.97. The van der Waals surface area contributed by atoms with Crippen molar-refractivity contribution in [3.63, 3.8) is 0 Å². The van der Waals surface area contributed by atoms with Crippen molar-refractivity contribution in [1.29, 1.82) is 0 Å². The zero-order valence-corrected chi connectivity index (χ0v) is 8.76. The lowest BCUT2D eigenvalue weighted by Gasteiger charge is -2.10. The van der Waals surface area contributed by atoms with Gasteiger partial charge in [0, 0.05) is 11.1 Å². The van der Waals surface area contributed by atoms with Crippen LogP contribution in [0.5, 0.6) is 0 Å². The van der Waals surface area contributed by atoms with Crippen molar-refractivity contribution >= 4 is 10.9 Å². The molecule has 16 heavy (non-hydrogen) atoms. The number of hydrogen-bond acceptors (Lipinski definition) is 2. The van der Waals surface area contributed by atoms with Gasteiger partial charge in [0.1, 0.15) is 6.33 Å². The Morgan fingerprint density at radius 2 is 1.75 bits per heavy atom. The maximum absolute atomic E-state index is 12.6. The molecule has 0 unspecified atom stereocenters. The number of rotatable bonds is 0. The van der Waals surface area contributed by atoms with Crippen LogP contribution >= 0.6 is 0 Å². The highest BCUT2D eigenvalue weighted by Crippen LogP contribution is 2.32. The van der Waals surface area contributed by atoms with Gasteiger partial charge >= 0.3 is 6.18 Å². The first-order valence-corrected chi connectivity index (χ1v) is 4.69. The van der Waals surface area contributed by atoms with Crippen LogP contribution in [-0.4, -0.2) is 9.97 Å². The Kier molecular flexibility index (Phi) is 2.33. The molecule has 0 amide bonds. The largest absolute Gasteiger partial charge is 0.416 e. The van der Waals surface area contributed by atoms with Gasteiger partial charge in [-0.3, -0.25) is 0 Å². The van der Waals surface area contributed by atoms with Gasteiger partial charge < -0.3 is 0 Å². The van der Waals surface area contributed by atoms with Crippen LogP contribution in [0.3, 0.4) is 0 Å². The summed E-state index contributed by atoms with van der Waals surface area (Å²) in [5.41, 5.74) is 0.977. The zero-order valence-electron chi connectivity index (χ0n) is 8.76. The van der Waals surface area contributed by atoms with E-state index >= 15 is 0 Å². The fourth-order valence-corrected chi connectivity index (χ4v) is 1.63. The van der Waals surface area contributed by atoms with Crippen LogP contribution < -0.4 is 0 Å². The van der Waals surface area contributed by atoms with Crippen LogP contribution in [0.2, 0.25) is 0 Å². The second-order valence-electron chi connectivity index (χ2n) is 3.65. The molecule has 1 aromatic carbocycles. The SMILES string of the molecule is Cc1ncnc2c(C)cc(C(F)(F)F)cc12. The summed E-state index contributed by atoms with van der Waals surface area (Å²) in [7, 11) is 0. The van der Waals surface area contributed by atoms with E-state index in [0.717, 1.165) is 12.1 Å². The molecular weight excluding hydrogens is 217 g/mol. The average Bonchev–Trinajstić information content (AvgIpc) is 2.18. The van der Waals surface area contributed by atoms with Crippen molar-refractivity contribution in [2.45, 2.75) is 20.0 Å². The van der Waals surface area contributed by atoms with E-state index in [9.17, 15) is 13.2 Å². The van der Waals surface area contributed by atoms with Gasteiger partial charge in [-0.05, 0) is 31.5 Å². The number of nitrogens with zero attached hydrogens (tertiary/aromatic N) is 2. The van der Waals surface area contributed by atoms with Crippen LogP contribution in [0.15, 0.2) is 18.5 Å². The Labute approximate surface area is 90.1 Å². The third-order valence-corrected chi connectivity index (χ3v) is 2.46. The molecule has 0 bridgehead atoms. The molecule has 0 aliphatic carbocycles. The van der Waals surface area contributed by atoms with Gasteiger partial charge in [0.05, 0.1) is 11.1 Å². The number of aromatic nitrogens is 2. The van der Waals surface area contributed by atoms with E-state index < -0.39 is 11.7 Å². The van der Waals surface area contributed by atoms with Crippen LogP contribution in [0.4, 0.5) is 13.2 Å². The molecule has 0 saturated carbocycles. The lowest BCUT2D eigenvalue weighted by molar-refractivity contribution is -0.137. The minimum atomic E-state index is -4.33. The standard InChI is InChI=1S/C11H9F3N2/c1-6-3-8(11(12,13)14)4-9-7(2)15-5-16-10(6)9/h3-5H,1-2H3. The van der Waals surface area contributed by atoms with Crippen molar-refractivity contribution < 1.29 is 13.2 Å². The topological polar surface area (TPSA) is 25.8 Å². The normalized spacial score (nSPS) is 12.1. The molecule has 0 atom stereocenters. The molecule has 0 spiro atoms. The first kappa shape index (κ1) is 10.9. The number of aryl methyl sites for hydroxylation is 2. The lowest BCUT2D eigenvalue weighted by Crippen LogP contribution is -2.06. The van der Waals surface area contributed by atoms with Crippen LogP contribution in [0.1, 0.15) is 16.8 Å². The predicted octanol–water partition coefficient (Wildman–Crippen LogP) is 3.27. The van der Waals surface area contributed by atoms with Gasteiger partial charge in [-0.1, -0.05) is 0 Å². The highest BCUT2D eigenvalue weighted by Gasteiger charge is 2.31. The Morgan fingerprint density at radius 3 is 2.38 bits per heavy atom. The molecule has 0 aliphatic heterocycles. The Bertz CT molecular complexity index is 547. The third-order valence-electron chi connectivity index (χ3n) is 2.46. The summed E-state index contributed by atoms with van der Waals surface area (Å²) >= 11 is 0. The van der Waals surface area contributed by atoms with Crippen LogP contribution in [0, 0.1) is 13.8 Å². The van der Waals surface area contributed by atoms with Gasteiger partial charge in [0.15, 0.2) is 0 Å². The Hall–Kier alpha value is -1.65. The van der Waals surface area contributed by atoms with Crippen molar-refractivity contribution in [3.8, 4) is 0 Å². The summed E-state index contributed by atoms with van der Waals surface area (Å²) in [4.78, 5) is 7.88. The van der Waals surface area contributed by atoms with Gasteiger partial charge in [0.25, 0.3) is 0 Å². The summed E-state index contributed by atoms with van der Waals surface area (Å²) in [6, 6.07) is 2.20. The van der Waals surface area contributed by atoms with E-state index in [1.807, 2.05) is 0 Å². The van der Waals surface area contributed by atoms with Gasteiger partial charge in [0.2, 0.25) is 0 Å². The molecule has 0 fully saturated rings. The molecule has 2 rings (SSSR count). The number of fused-ring (bicyclic) bond motifs is 1.